The highest BCUT2D eigenvalue weighted by molar-refractivity contribution is 5.96. The maximum atomic E-state index is 12.0. The zero-order valence-corrected chi connectivity index (χ0v) is 11.4. The highest BCUT2D eigenvalue weighted by Crippen LogP contribution is 2.35. The Kier molecular flexibility index (Phi) is 4.58. The number of anilines is 1. The Labute approximate surface area is 124 Å². The molecule has 0 heterocycles. The van der Waals surface area contributed by atoms with E-state index >= 15 is 0 Å². The molecule has 1 fully saturated rings. The standard InChI is InChI=1S/C14H14F3NO4/c15-14(16,17)7-22-9-3-1-8(2-4-9)18-12(19)10-5-6-11(10)13(20)21/h1-4,10-11H,5-7H2,(H,18,19)(H,20,21). The van der Waals surface area contributed by atoms with Gasteiger partial charge in [0.2, 0.25) is 5.91 Å². The third-order valence-electron chi connectivity index (χ3n) is 3.45. The summed E-state index contributed by atoms with van der Waals surface area (Å²) < 4.78 is 40.5. The van der Waals surface area contributed by atoms with E-state index in [0.717, 1.165) is 0 Å². The average Bonchev–Trinajstić information content (AvgIpc) is 2.34. The first kappa shape index (κ1) is 16.1. The highest BCUT2D eigenvalue weighted by atomic mass is 19.4. The fourth-order valence-electron chi connectivity index (χ4n) is 2.14. The first-order valence-corrected chi connectivity index (χ1v) is 6.59. The number of carbonyl (C=O) groups is 2. The quantitative estimate of drug-likeness (QED) is 0.875. The van der Waals surface area contributed by atoms with E-state index < -0.39 is 36.5 Å². The van der Waals surface area contributed by atoms with Crippen LogP contribution >= 0.6 is 0 Å². The number of benzene rings is 1. The van der Waals surface area contributed by atoms with Crippen molar-refractivity contribution in [2.75, 3.05) is 11.9 Å². The second-order valence-corrected chi connectivity index (χ2v) is 5.05. The molecule has 1 aromatic rings. The van der Waals surface area contributed by atoms with Gasteiger partial charge in [-0.25, -0.2) is 0 Å². The van der Waals surface area contributed by atoms with E-state index in [1.807, 2.05) is 0 Å². The Balaban J connectivity index is 1.88. The van der Waals surface area contributed by atoms with Crippen LogP contribution in [-0.2, 0) is 9.59 Å². The van der Waals surface area contributed by atoms with Crippen LogP contribution in [0.25, 0.3) is 0 Å². The summed E-state index contributed by atoms with van der Waals surface area (Å²) in [6, 6.07) is 5.41. The minimum Gasteiger partial charge on any atom is -0.484 e. The molecule has 120 valence electrons. The van der Waals surface area contributed by atoms with Gasteiger partial charge in [0.15, 0.2) is 6.61 Å². The molecular weight excluding hydrogens is 303 g/mol. The monoisotopic (exact) mass is 317 g/mol. The lowest BCUT2D eigenvalue weighted by Crippen LogP contribution is -2.41. The number of ether oxygens (including phenoxy) is 1. The smallest absolute Gasteiger partial charge is 0.422 e. The summed E-state index contributed by atoms with van der Waals surface area (Å²) in [5, 5.41) is 11.4. The van der Waals surface area contributed by atoms with Crippen molar-refractivity contribution in [2.24, 2.45) is 11.8 Å². The zero-order chi connectivity index (χ0) is 16.3. The summed E-state index contributed by atoms with van der Waals surface area (Å²) in [6.07, 6.45) is -3.43. The Morgan fingerprint density at radius 2 is 1.77 bits per heavy atom. The van der Waals surface area contributed by atoms with Gasteiger partial charge in [0, 0.05) is 5.69 Å². The molecule has 0 bridgehead atoms. The van der Waals surface area contributed by atoms with E-state index in [0.29, 0.717) is 18.5 Å². The minimum atomic E-state index is -4.41. The Bertz CT molecular complexity index is 556. The predicted molar refractivity (Wildman–Crippen MR) is 70.5 cm³/mol. The number of nitrogens with one attached hydrogen (secondary N) is 1. The zero-order valence-electron chi connectivity index (χ0n) is 11.4. The molecule has 2 unspecified atom stereocenters. The molecule has 0 radical (unpaired) electrons. The normalized spacial score (nSPS) is 20.9. The Morgan fingerprint density at radius 3 is 2.23 bits per heavy atom. The third-order valence-corrected chi connectivity index (χ3v) is 3.45. The summed E-state index contributed by atoms with van der Waals surface area (Å²) in [4.78, 5) is 22.8. The van der Waals surface area contributed by atoms with Gasteiger partial charge in [0.05, 0.1) is 11.8 Å². The van der Waals surface area contributed by atoms with E-state index in [-0.39, 0.29) is 5.75 Å². The lowest BCUT2D eigenvalue weighted by molar-refractivity contribution is -0.153. The van der Waals surface area contributed by atoms with E-state index in [4.69, 9.17) is 5.11 Å². The molecular formula is C14H14F3NO4. The number of carbonyl (C=O) groups excluding carboxylic acids is 1. The Morgan fingerprint density at radius 1 is 1.18 bits per heavy atom. The second kappa shape index (κ2) is 6.25. The van der Waals surface area contributed by atoms with Gasteiger partial charge >= 0.3 is 12.1 Å². The molecule has 2 rings (SSSR count). The molecule has 1 aromatic carbocycles. The number of amides is 1. The Hall–Kier alpha value is -2.25. The molecule has 0 aromatic heterocycles. The van der Waals surface area contributed by atoms with Crippen LogP contribution < -0.4 is 10.1 Å². The lowest BCUT2D eigenvalue weighted by atomic mass is 9.73. The molecule has 2 atom stereocenters. The molecule has 1 saturated carbocycles. The molecule has 1 amide bonds. The van der Waals surface area contributed by atoms with Crippen LogP contribution in [0.1, 0.15) is 12.8 Å². The molecule has 8 heteroatoms. The van der Waals surface area contributed by atoms with Crippen molar-refractivity contribution in [1.29, 1.82) is 0 Å². The number of hydrogen-bond donors (Lipinski definition) is 2. The third kappa shape index (κ3) is 4.12. The summed E-state index contributed by atoms with van der Waals surface area (Å²) >= 11 is 0. The van der Waals surface area contributed by atoms with Gasteiger partial charge < -0.3 is 15.2 Å². The topological polar surface area (TPSA) is 75.6 Å². The van der Waals surface area contributed by atoms with E-state index in [1.54, 1.807) is 0 Å². The van der Waals surface area contributed by atoms with Crippen molar-refractivity contribution in [3.8, 4) is 5.75 Å². The van der Waals surface area contributed by atoms with Crippen LogP contribution in [0, 0.1) is 11.8 Å². The lowest BCUT2D eigenvalue weighted by Gasteiger charge is -2.31. The molecule has 22 heavy (non-hydrogen) atoms. The fourth-order valence-corrected chi connectivity index (χ4v) is 2.14. The summed E-state index contributed by atoms with van der Waals surface area (Å²) in [6.45, 7) is -1.39. The summed E-state index contributed by atoms with van der Waals surface area (Å²) in [7, 11) is 0. The van der Waals surface area contributed by atoms with Gasteiger partial charge in [-0.2, -0.15) is 13.2 Å². The van der Waals surface area contributed by atoms with Crippen LogP contribution in [0.2, 0.25) is 0 Å². The van der Waals surface area contributed by atoms with E-state index in [1.165, 1.54) is 24.3 Å². The highest BCUT2D eigenvalue weighted by Gasteiger charge is 2.41. The van der Waals surface area contributed by atoms with Gasteiger partial charge in [0.1, 0.15) is 5.75 Å². The number of carboxylic acid groups (broad SMARTS) is 1. The molecule has 0 saturated heterocycles. The second-order valence-electron chi connectivity index (χ2n) is 5.05. The van der Waals surface area contributed by atoms with Gasteiger partial charge in [-0.3, -0.25) is 9.59 Å². The number of rotatable bonds is 5. The number of carboxylic acids is 1. The molecule has 1 aliphatic rings. The first-order valence-electron chi connectivity index (χ1n) is 6.59. The van der Waals surface area contributed by atoms with E-state index in [9.17, 15) is 22.8 Å². The van der Waals surface area contributed by atoms with Crippen LogP contribution in [0.4, 0.5) is 18.9 Å². The van der Waals surface area contributed by atoms with Crippen LogP contribution in [0.3, 0.4) is 0 Å². The summed E-state index contributed by atoms with van der Waals surface area (Å²) in [5.41, 5.74) is 0.375. The van der Waals surface area contributed by atoms with Gasteiger partial charge in [-0.1, -0.05) is 0 Å². The van der Waals surface area contributed by atoms with Crippen molar-refractivity contribution in [1.82, 2.24) is 0 Å². The van der Waals surface area contributed by atoms with Gasteiger partial charge in [-0.15, -0.1) is 0 Å². The molecule has 1 aliphatic carbocycles. The first-order chi connectivity index (χ1) is 10.3. The molecule has 0 spiro atoms. The maximum absolute atomic E-state index is 12.0. The molecule has 5 nitrogen and oxygen atoms in total. The van der Waals surface area contributed by atoms with E-state index in [2.05, 4.69) is 10.1 Å². The van der Waals surface area contributed by atoms with Crippen LogP contribution in [-0.4, -0.2) is 29.8 Å². The molecule has 2 N–H and O–H groups in total. The van der Waals surface area contributed by atoms with Gasteiger partial charge in [-0.05, 0) is 37.1 Å². The summed E-state index contributed by atoms with van der Waals surface area (Å²) in [5.74, 6) is -2.61. The van der Waals surface area contributed by atoms with Crippen molar-refractivity contribution >= 4 is 17.6 Å². The SMILES string of the molecule is O=C(O)C1CCC1C(=O)Nc1ccc(OCC(F)(F)F)cc1. The number of halogens is 3. The molecule has 0 aliphatic heterocycles. The number of hydrogen-bond acceptors (Lipinski definition) is 3. The van der Waals surface area contributed by atoms with Crippen molar-refractivity contribution in [2.45, 2.75) is 19.0 Å². The number of alkyl halides is 3. The fraction of sp³-hybridized carbons (Fsp3) is 0.429. The predicted octanol–water partition coefficient (Wildman–Crippen LogP) is 2.68. The average molecular weight is 317 g/mol. The van der Waals surface area contributed by atoms with Gasteiger partial charge in [0.25, 0.3) is 0 Å². The maximum Gasteiger partial charge on any atom is 0.422 e. The van der Waals surface area contributed by atoms with Crippen molar-refractivity contribution < 1.29 is 32.6 Å². The van der Waals surface area contributed by atoms with Crippen LogP contribution in [0.5, 0.6) is 5.75 Å². The van der Waals surface area contributed by atoms with Crippen molar-refractivity contribution in [3.63, 3.8) is 0 Å². The van der Waals surface area contributed by atoms with Crippen LogP contribution in [0.15, 0.2) is 24.3 Å². The number of aliphatic carboxylic acids is 1. The van der Waals surface area contributed by atoms with Crippen molar-refractivity contribution in [3.05, 3.63) is 24.3 Å². The minimum absolute atomic E-state index is 0.0300. The largest absolute Gasteiger partial charge is 0.484 e.